The van der Waals surface area contributed by atoms with Gasteiger partial charge in [-0.25, -0.2) is 4.39 Å². The highest BCUT2D eigenvalue weighted by Crippen LogP contribution is 2.40. The fourth-order valence-electron chi connectivity index (χ4n) is 3.22. The zero-order valence-corrected chi connectivity index (χ0v) is 17.0. The van der Waals surface area contributed by atoms with Crippen molar-refractivity contribution in [3.63, 3.8) is 0 Å². The van der Waals surface area contributed by atoms with Gasteiger partial charge in [0.15, 0.2) is 6.61 Å². The molecule has 2 aromatic rings. The zero-order chi connectivity index (χ0) is 23.0. The van der Waals surface area contributed by atoms with Crippen molar-refractivity contribution < 1.29 is 41.0 Å². The Morgan fingerprint density at radius 2 is 1.97 bits per heavy atom. The highest BCUT2D eigenvalue weighted by Gasteiger charge is 2.42. The number of benzene rings is 1. The van der Waals surface area contributed by atoms with E-state index in [1.807, 2.05) is 0 Å². The number of amides is 1. The minimum Gasteiger partial charge on any atom is -0.484 e. The quantitative estimate of drug-likeness (QED) is 0.659. The molecule has 1 N–H and O–H groups in total. The number of halogens is 4. The molecule has 1 saturated heterocycles. The van der Waals surface area contributed by atoms with Crippen LogP contribution in [0, 0.1) is 5.82 Å². The molecule has 8 nitrogen and oxygen atoms in total. The Kier molecular flexibility index (Phi) is 8.39. The highest BCUT2D eigenvalue weighted by atomic mass is 19.4. The van der Waals surface area contributed by atoms with E-state index in [0.717, 1.165) is 25.8 Å². The Bertz CT molecular complexity index is 821. The predicted octanol–water partition coefficient (Wildman–Crippen LogP) is 3.35. The molecule has 2 heterocycles. The first-order valence-corrected chi connectivity index (χ1v) is 10.0. The van der Waals surface area contributed by atoms with Gasteiger partial charge < -0.3 is 19.2 Å². The molecule has 1 atom stereocenters. The van der Waals surface area contributed by atoms with Gasteiger partial charge in [-0.3, -0.25) is 9.53 Å². The first-order valence-electron chi connectivity index (χ1n) is 10.0. The van der Waals surface area contributed by atoms with Crippen LogP contribution in [0.15, 0.2) is 35.1 Å². The normalized spacial score (nSPS) is 22.8. The topological polar surface area (TPSA) is 95.7 Å². The molecule has 1 aliphatic heterocycles. The molecule has 12 heteroatoms. The summed E-state index contributed by atoms with van der Waals surface area (Å²) in [4.78, 5) is 11.6. The van der Waals surface area contributed by atoms with Crippen LogP contribution in [0.4, 0.5) is 17.6 Å². The maximum atomic E-state index is 12.6. The van der Waals surface area contributed by atoms with E-state index < -0.39 is 12.5 Å². The highest BCUT2D eigenvalue weighted by molar-refractivity contribution is 5.77. The average Bonchev–Trinajstić information content (AvgIpc) is 3.25. The third-order valence-electron chi connectivity index (χ3n) is 4.83. The van der Waals surface area contributed by atoms with E-state index in [9.17, 15) is 22.4 Å². The molecule has 1 saturated carbocycles. The largest absolute Gasteiger partial charge is 0.522 e. The number of nitrogens with zero attached hydrogens (tertiary/aromatic N) is 2. The van der Waals surface area contributed by atoms with E-state index in [0.29, 0.717) is 18.2 Å². The van der Waals surface area contributed by atoms with Crippen molar-refractivity contribution in [2.75, 3.05) is 19.8 Å². The molecule has 176 valence electrons. The number of aromatic nitrogens is 2. The van der Waals surface area contributed by atoms with Crippen molar-refractivity contribution in [2.45, 2.75) is 50.1 Å². The van der Waals surface area contributed by atoms with Crippen LogP contribution in [-0.2, 0) is 14.3 Å². The lowest BCUT2D eigenvalue weighted by Crippen LogP contribution is -2.42. The second-order valence-corrected chi connectivity index (χ2v) is 7.36. The zero-order valence-electron chi connectivity index (χ0n) is 17.0. The average molecular weight is 461 g/mol. The maximum absolute atomic E-state index is 12.6. The molecular weight excluding hydrogens is 438 g/mol. The van der Waals surface area contributed by atoms with Crippen LogP contribution >= 0.6 is 0 Å². The summed E-state index contributed by atoms with van der Waals surface area (Å²) in [6.07, 6.45) is -1.71. The van der Waals surface area contributed by atoms with E-state index in [2.05, 4.69) is 20.3 Å². The molecule has 0 bridgehead atoms. The molecule has 1 unspecified atom stereocenters. The molecule has 2 aliphatic rings. The second kappa shape index (κ2) is 11.2. The summed E-state index contributed by atoms with van der Waals surface area (Å²) in [5.74, 6) is 0.254. The molecule has 1 aliphatic carbocycles. The van der Waals surface area contributed by atoms with Crippen LogP contribution in [0.3, 0.4) is 0 Å². The Labute approximate surface area is 181 Å². The molecule has 2 fully saturated rings. The van der Waals surface area contributed by atoms with E-state index in [1.165, 1.54) is 24.3 Å². The summed E-state index contributed by atoms with van der Waals surface area (Å²) in [6.45, 7) is 1.25. The SMILES string of the molecule is FC(F)(F)OC1CC(c2nnco2)C1.O=C(COc1ccc(F)cc1)NC1CCCOC1. The van der Waals surface area contributed by atoms with Crippen molar-refractivity contribution >= 4 is 5.91 Å². The number of nitrogens with one attached hydrogen (secondary N) is 1. The number of carbonyl (C=O) groups excluding carboxylic acids is 1. The predicted molar refractivity (Wildman–Crippen MR) is 101 cm³/mol. The number of hydrogen-bond acceptors (Lipinski definition) is 7. The molecular formula is C20H23F4N3O5. The number of ether oxygens (including phenoxy) is 3. The van der Waals surface area contributed by atoms with Gasteiger partial charge in [0.25, 0.3) is 5.91 Å². The molecule has 1 amide bonds. The number of alkyl halides is 3. The van der Waals surface area contributed by atoms with E-state index >= 15 is 0 Å². The van der Waals surface area contributed by atoms with Gasteiger partial charge in [0.1, 0.15) is 11.6 Å². The van der Waals surface area contributed by atoms with Crippen molar-refractivity contribution in [3.05, 3.63) is 42.4 Å². The summed E-state index contributed by atoms with van der Waals surface area (Å²) < 4.78 is 67.0. The molecule has 1 aromatic heterocycles. The van der Waals surface area contributed by atoms with Gasteiger partial charge in [-0.1, -0.05) is 0 Å². The molecule has 0 spiro atoms. The van der Waals surface area contributed by atoms with E-state index in [-0.39, 0.29) is 43.1 Å². The van der Waals surface area contributed by atoms with Gasteiger partial charge in [0, 0.05) is 12.5 Å². The number of rotatable bonds is 6. The first-order chi connectivity index (χ1) is 15.3. The summed E-state index contributed by atoms with van der Waals surface area (Å²) in [6, 6.07) is 5.64. The van der Waals surface area contributed by atoms with Crippen LogP contribution in [0.5, 0.6) is 5.75 Å². The third kappa shape index (κ3) is 8.08. The van der Waals surface area contributed by atoms with Crippen LogP contribution in [0.2, 0.25) is 0 Å². The molecule has 1 aromatic carbocycles. The van der Waals surface area contributed by atoms with Crippen molar-refractivity contribution in [2.24, 2.45) is 0 Å². The summed E-state index contributed by atoms with van der Waals surface area (Å²) in [7, 11) is 0. The molecule has 32 heavy (non-hydrogen) atoms. The minimum absolute atomic E-state index is 0.0673. The number of hydrogen-bond donors (Lipinski definition) is 1. The Morgan fingerprint density at radius 3 is 2.56 bits per heavy atom. The van der Waals surface area contributed by atoms with E-state index in [4.69, 9.17) is 13.9 Å². The van der Waals surface area contributed by atoms with Gasteiger partial charge in [-0.15, -0.1) is 23.4 Å². The minimum atomic E-state index is -4.55. The fraction of sp³-hybridized carbons (Fsp3) is 0.550. The maximum Gasteiger partial charge on any atom is 0.522 e. The van der Waals surface area contributed by atoms with Crippen LogP contribution in [0.25, 0.3) is 0 Å². The summed E-state index contributed by atoms with van der Waals surface area (Å²) >= 11 is 0. The van der Waals surface area contributed by atoms with Gasteiger partial charge in [-0.05, 0) is 49.9 Å². The first kappa shape index (κ1) is 23.9. The van der Waals surface area contributed by atoms with Gasteiger partial charge in [0.05, 0.1) is 18.8 Å². The summed E-state index contributed by atoms with van der Waals surface area (Å²) in [5.41, 5.74) is 0. The Hall–Kier alpha value is -2.73. The Balaban J connectivity index is 0.000000186. The second-order valence-electron chi connectivity index (χ2n) is 7.36. The fourth-order valence-corrected chi connectivity index (χ4v) is 3.22. The van der Waals surface area contributed by atoms with Crippen LogP contribution < -0.4 is 10.1 Å². The lowest BCUT2D eigenvalue weighted by atomic mass is 9.82. The van der Waals surface area contributed by atoms with Gasteiger partial charge in [-0.2, -0.15) is 0 Å². The van der Waals surface area contributed by atoms with E-state index in [1.54, 1.807) is 0 Å². The van der Waals surface area contributed by atoms with Crippen LogP contribution in [0.1, 0.15) is 37.5 Å². The Morgan fingerprint density at radius 1 is 1.22 bits per heavy atom. The standard InChI is InChI=1S/C13H16FNO3.C7H7F3N2O2/c14-10-3-5-12(6-4-10)18-9-13(16)15-11-2-1-7-17-8-11;8-7(9,10)14-5-1-4(2-5)6-12-11-3-13-6/h3-6,11H,1-2,7-9H2,(H,15,16);3-5H,1-2H2. The van der Waals surface area contributed by atoms with Gasteiger partial charge in [0.2, 0.25) is 12.3 Å². The smallest absolute Gasteiger partial charge is 0.484 e. The monoisotopic (exact) mass is 461 g/mol. The van der Waals surface area contributed by atoms with Crippen molar-refractivity contribution in [1.82, 2.24) is 15.5 Å². The van der Waals surface area contributed by atoms with Crippen LogP contribution in [-0.4, -0.2) is 54.4 Å². The molecule has 4 rings (SSSR count). The lowest BCUT2D eigenvalue weighted by Gasteiger charge is -2.32. The van der Waals surface area contributed by atoms with Crippen molar-refractivity contribution in [3.8, 4) is 5.75 Å². The summed E-state index contributed by atoms with van der Waals surface area (Å²) in [5, 5.41) is 9.90. The number of carbonyl (C=O) groups is 1. The van der Waals surface area contributed by atoms with Gasteiger partial charge >= 0.3 is 6.36 Å². The third-order valence-corrected chi connectivity index (χ3v) is 4.83. The molecule has 0 radical (unpaired) electrons. The lowest BCUT2D eigenvalue weighted by molar-refractivity contribution is -0.352. The van der Waals surface area contributed by atoms with Crippen molar-refractivity contribution in [1.29, 1.82) is 0 Å².